The van der Waals surface area contributed by atoms with Gasteiger partial charge in [0.2, 0.25) is 11.8 Å². The standard InChI is InChI=1S/2C8H15NO4S/c1-5(2)7(10)9-8(6(3)4)14(11,12)13;1-4-5-7(10)9-6-8(2,3)14(11,12)13/h6,8H,1H2,2-4H3,(H,9,10)(H,11,12,13);4-5H,6H2,1-3H3,(H,9,10)(H,11,12,13). The molecule has 4 N–H and O–H groups in total. The number of hydrogen-bond acceptors (Lipinski definition) is 6. The maximum atomic E-state index is 11.1. The van der Waals surface area contributed by atoms with Gasteiger partial charge in [0.15, 0.2) is 5.37 Å². The Balaban J connectivity index is 0. The summed E-state index contributed by atoms with van der Waals surface area (Å²) in [5.41, 5.74) is 0.194. The summed E-state index contributed by atoms with van der Waals surface area (Å²) >= 11 is 0. The van der Waals surface area contributed by atoms with Crippen LogP contribution in [0.2, 0.25) is 0 Å². The minimum absolute atomic E-state index is 0.130. The fourth-order valence-corrected chi connectivity index (χ4v) is 2.64. The lowest BCUT2D eigenvalue weighted by molar-refractivity contribution is -0.118. The van der Waals surface area contributed by atoms with Gasteiger partial charge in [-0.05, 0) is 39.7 Å². The summed E-state index contributed by atoms with van der Waals surface area (Å²) in [6.07, 6.45) is 2.82. The van der Waals surface area contributed by atoms with Gasteiger partial charge >= 0.3 is 0 Å². The highest BCUT2D eigenvalue weighted by atomic mass is 32.2. The van der Waals surface area contributed by atoms with Crippen molar-refractivity contribution in [2.75, 3.05) is 6.54 Å². The van der Waals surface area contributed by atoms with E-state index in [1.54, 1.807) is 20.8 Å². The second kappa shape index (κ2) is 11.3. The molecule has 0 aliphatic rings. The Bertz CT molecular complexity index is 797. The Labute approximate surface area is 167 Å². The molecule has 0 spiro atoms. The Kier molecular flexibility index (Phi) is 11.5. The molecule has 10 nitrogen and oxygen atoms in total. The van der Waals surface area contributed by atoms with Crippen LogP contribution in [0, 0.1) is 5.92 Å². The van der Waals surface area contributed by atoms with Crippen LogP contribution in [0.3, 0.4) is 0 Å². The van der Waals surface area contributed by atoms with E-state index in [2.05, 4.69) is 17.2 Å². The molecule has 0 radical (unpaired) electrons. The fraction of sp³-hybridized carbons (Fsp3) is 0.625. The van der Waals surface area contributed by atoms with Crippen molar-refractivity contribution in [2.24, 2.45) is 5.92 Å². The van der Waals surface area contributed by atoms with Crippen LogP contribution in [0.5, 0.6) is 0 Å². The molecular formula is C16H30N2O8S2. The Morgan fingerprint density at radius 1 is 1.14 bits per heavy atom. The fourth-order valence-electron chi connectivity index (χ4n) is 1.44. The zero-order valence-corrected chi connectivity index (χ0v) is 18.5. The molecular weight excluding hydrogens is 412 g/mol. The number of amides is 2. The number of carbonyl (C=O) groups is 2. The zero-order chi connectivity index (χ0) is 22.9. The van der Waals surface area contributed by atoms with E-state index in [0.29, 0.717) is 0 Å². The van der Waals surface area contributed by atoms with E-state index in [9.17, 15) is 26.4 Å². The van der Waals surface area contributed by atoms with E-state index in [0.717, 1.165) is 0 Å². The van der Waals surface area contributed by atoms with Crippen molar-refractivity contribution in [3.8, 4) is 0 Å². The average molecular weight is 443 g/mol. The highest BCUT2D eigenvalue weighted by molar-refractivity contribution is 7.87. The van der Waals surface area contributed by atoms with Crippen LogP contribution < -0.4 is 10.6 Å². The number of nitrogens with one attached hydrogen (secondary N) is 2. The average Bonchev–Trinajstić information content (AvgIpc) is 2.48. The second-order valence-corrected chi connectivity index (χ2v) is 10.5. The summed E-state index contributed by atoms with van der Waals surface area (Å²) in [5.74, 6) is -1.38. The molecule has 12 heteroatoms. The number of hydrogen-bond donors (Lipinski definition) is 4. The van der Waals surface area contributed by atoms with E-state index < -0.39 is 42.2 Å². The highest BCUT2D eigenvalue weighted by Crippen LogP contribution is 2.12. The topological polar surface area (TPSA) is 167 Å². The van der Waals surface area contributed by atoms with Crippen molar-refractivity contribution in [2.45, 2.75) is 51.7 Å². The van der Waals surface area contributed by atoms with Crippen molar-refractivity contribution >= 4 is 32.1 Å². The van der Waals surface area contributed by atoms with Gasteiger partial charge in [0, 0.05) is 12.1 Å². The molecule has 0 aromatic carbocycles. The van der Waals surface area contributed by atoms with Gasteiger partial charge in [-0.15, -0.1) is 0 Å². The Hall–Kier alpha value is -1.76. The predicted octanol–water partition coefficient (Wildman–Crippen LogP) is 0.894. The first-order chi connectivity index (χ1) is 12.4. The molecule has 1 atom stereocenters. The van der Waals surface area contributed by atoms with Gasteiger partial charge < -0.3 is 10.6 Å². The first-order valence-corrected chi connectivity index (χ1v) is 11.1. The van der Waals surface area contributed by atoms with Crippen molar-refractivity contribution in [3.63, 3.8) is 0 Å². The monoisotopic (exact) mass is 442 g/mol. The molecule has 2 amide bonds. The molecule has 164 valence electrons. The first kappa shape index (κ1) is 28.4. The van der Waals surface area contributed by atoms with E-state index in [1.165, 1.54) is 32.9 Å². The van der Waals surface area contributed by atoms with Crippen LogP contribution >= 0.6 is 0 Å². The quantitative estimate of drug-likeness (QED) is 0.317. The van der Waals surface area contributed by atoms with Gasteiger partial charge in [0.05, 0.1) is 0 Å². The molecule has 0 heterocycles. The van der Waals surface area contributed by atoms with E-state index in [-0.39, 0.29) is 18.0 Å². The summed E-state index contributed by atoms with van der Waals surface area (Å²) in [7, 11) is -8.42. The Morgan fingerprint density at radius 2 is 1.61 bits per heavy atom. The predicted molar refractivity (Wildman–Crippen MR) is 107 cm³/mol. The molecule has 28 heavy (non-hydrogen) atoms. The highest BCUT2D eigenvalue weighted by Gasteiger charge is 2.32. The van der Waals surface area contributed by atoms with E-state index >= 15 is 0 Å². The summed E-state index contributed by atoms with van der Waals surface area (Å²) in [6, 6.07) is 0. The van der Waals surface area contributed by atoms with E-state index in [4.69, 9.17) is 9.11 Å². The molecule has 0 fully saturated rings. The third-order valence-electron chi connectivity index (χ3n) is 3.29. The zero-order valence-electron chi connectivity index (χ0n) is 16.9. The van der Waals surface area contributed by atoms with Gasteiger partial charge in [-0.3, -0.25) is 18.7 Å². The third kappa shape index (κ3) is 11.2. The minimum Gasteiger partial charge on any atom is -0.351 e. The first-order valence-electron chi connectivity index (χ1n) is 8.17. The summed E-state index contributed by atoms with van der Waals surface area (Å²) in [6.45, 7) is 12.2. The van der Waals surface area contributed by atoms with Crippen LogP contribution in [0.4, 0.5) is 0 Å². The van der Waals surface area contributed by atoms with Gasteiger partial charge in [0.25, 0.3) is 20.2 Å². The van der Waals surface area contributed by atoms with Gasteiger partial charge in [0.1, 0.15) is 4.75 Å². The van der Waals surface area contributed by atoms with Gasteiger partial charge in [-0.25, -0.2) is 0 Å². The largest absolute Gasteiger partial charge is 0.351 e. The molecule has 0 saturated carbocycles. The normalized spacial score (nSPS) is 13.5. The molecule has 0 rings (SSSR count). The molecule has 0 aliphatic carbocycles. The molecule has 0 aromatic heterocycles. The summed E-state index contributed by atoms with van der Waals surface area (Å²) < 4.78 is 59.5. The van der Waals surface area contributed by atoms with Crippen molar-refractivity contribution in [1.29, 1.82) is 0 Å². The van der Waals surface area contributed by atoms with Crippen molar-refractivity contribution in [1.82, 2.24) is 10.6 Å². The number of rotatable bonds is 8. The van der Waals surface area contributed by atoms with Crippen LogP contribution in [0.1, 0.15) is 41.5 Å². The maximum Gasteiger partial charge on any atom is 0.286 e. The molecule has 0 aromatic rings. The summed E-state index contributed by atoms with van der Waals surface area (Å²) in [4.78, 5) is 22.1. The van der Waals surface area contributed by atoms with Crippen molar-refractivity contribution < 1.29 is 35.5 Å². The lowest BCUT2D eigenvalue weighted by Crippen LogP contribution is -2.44. The van der Waals surface area contributed by atoms with Crippen LogP contribution in [0.15, 0.2) is 24.3 Å². The lowest BCUT2D eigenvalue weighted by Gasteiger charge is -2.20. The lowest BCUT2D eigenvalue weighted by atomic mass is 10.2. The van der Waals surface area contributed by atoms with E-state index in [1.807, 2.05) is 0 Å². The number of allylic oxidation sites excluding steroid dienone is 1. The Morgan fingerprint density at radius 3 is 1.89 bits per heavy atom. The van der Waals surface area contributed by atoms with Crippen molar-refractivity contribution in [3.05, 3.63) is 24.3 Å². The molecule has 0 saturated heterocycles. The minimum atomic E-state index is -4.27. The third-order valence-corrected chi connectivity index (χ3v) is 6.14. The second-order valence-electron chi connectivity index (χ2n) is 6.89. The van der Waals surface area contributed by atoms with Crippen LogP contribution in [-0.4, -0.2) is 54.4 Å². The van der Waals surface area contributed by atoms with Gasteiger partial charge in [-0.1, -0.05) is 26.5 Å². The number of carbonyl (C=O) groups excluding carboxylic acids is 2. The molecule has 0 aliphatic heterocycles. The summed E-state index contributed by atoms with van der Waals surface area (Å²) in [5, 5.41) is 3.26. The SMILES string of the molecule is C=C(C)C(=O)NC(C(C)C)S(=O)(=O)O.CC=CC(=O)NCC(C)(C)S(=O)(=O)O. The maximum absolute atomic E-state index is 11.1. The smallest absolute Gasteiger partial charge is 0.286 e. The molecule has 0 bridgehead atoms. The van der Waals surface area contributed by atoms with Crippen LogP contribution in [0.25, 0.3) is 0 Å². The van der Waals surface area contributed by atoms with Crippen LogP contribution in [-0.2, 0) is 29.8 Å². The molecule has 1 unspecified atom stereocenters. The van der Waals surface area contributed by atoms with Gasteiger partial charge in [-0.2, -0.15) is 16.8 Å².